The molecule has 0 amide bonds. The van der Waals surface area contributed by atoms with E-state index >= 15 is 0 Å². The predicted octanol–water partition coefficient (Wildman–Crippen LogP) is 3.74. The molecule has 2 N–H and O–H groups in total. The highest BCUT2D eigenvalue weighted by molar-refractivity contribution is 7.14. The molecule has 1 aromatic rings. The van der Waals surface area contributed by atoms with Gasteiger partial charge in [0.15, 0.2) is 5.13 Å². The van der Waals surface area contributed by atoms with E-state index in [1.54, 1.807) is 5.38 Å². The van der Waals surface area contributed by atoms with Crippen molar-refractivity contribution in [3.05, 3.63) is 10.5 Å². The molecule has 1 heterocycles. The lowest BCUT2D eigenvalue weighted by Gasteiger charge is -2.20. The van der Waals surface area contributed by atoms with E-state index in [9.17, 15) is 4.79 Å². The van der Waals surface area contributed by atoms with Crippen molar-refractivity contribution in [2.24, 2.45) is 11.8 Å². The number of nitrogens with one attached hydrogen (secondary N) is 1. The number of hydrogen-bond acceptors (Lipinski definition) is 4. The van der Waals surface area contributed by atoms with Crippen LogP contribution in [-0.2, 0) is 4.79 Å². The number of rotatable bonds is 8. The molecule has 0 aromatic carbocycles. The molecule has 0 spiro atoms. The van der Waals surface area contributed by atoms with Gasteiger partial charge in [0.25, 0.3) is 0 Å². The van der Waals surface area contributed by atoms with E-state index in [0.29, 0.717) is 17.0 Å². The van der Waals surface area contributed by atoms with Crippen molar-refractivity contribution in [2.45, 2.75) is 33.1 Å². The van der Waals surface area contributed by atoms with E-state index < -0.39 is 5.97 Å². The normalized spacial score (nSPS) is 12.7. The Morgan fingerprint density at radius 3 is 2.78 bits per heavy atom. The number of thiazole rings is 1. The van der Waals surface area contributed by atoms with Crippen LogP contribution in [0.4, 0.5) is 5.13 Å². The second kappa shape index (κ2) is 7.59. The molecule has 4 nitrogen and oxygen atoms in total. The van der Waals surface area contributed by atoms with Crippen molar-refractivity contribution in [3.63, 3.8) is 0 Å². The number of carbonyl (C=O) groups is 1. The largest absolute Gasteiger partial charge is 0.481 e. The van der Waals surface area contributed by atoms with Crippen LogP contribution in [0.2, 0.25) is 5.15 Å². The Morgan fingerprint density at radius 1 is 1.56 bits per heavy atom. The highest BCUT2D eigenvalue weighted by Crippen LogP contribution is 2.23. The summed E-state index contributed by atoms with van der Waals surface area (Å²) < 4.78 is 0. The van der Waals surface area contributed by atoms with Crippen molar-refractivity contribution >= 4 is 34.0 Å². The number of aromatic nitrogens is 1. The standard InChI is InChI=1S/C12H19ClN2O2S/c1-8(2)9(3-4-11(16)17)5-6-14-12-15-10(13)7-18-12/h7-9H,3-6H2,1-2H3,(H,14,15)(H,16,17). The van der Waals surface area contributed by atoms with Gasteiger partial charge in [0.1, 0.15) is 5.15 Å². The zero-order chi connectivity index (χ0) is 13.5. The first-order valence-electron chi connectivity index (χ1n) is 6.05. The summed E-state index contributed by atoms with van der Waals surface area (Å²) in [4.78, 5) is 14.7. The van der Waals surface area contributed by atoms with Crippen molar-refractivity contribution in [3.8, 4) is 0 Å². The maximum Gasteiger partial charge on any atom is 0.303 e. The van der Waals surface area contributed by atoms with Crippen LogP contribution >= 0.6 is 22.9 Å². The second-order valence-corrected chi connectivity index (χ2v) is 5.87. The summed E-state index contributed by atoms with van der Waals surface area (Å²) in [5.74, 6) is 0.190. The molecule has 0 aliphatic heterocycles. The fourth-order valence-electron chi connectivity index (χ4n) is 1.82. The molecule has 0 fully saturated rings. The van der Waals surface area contributed by atoms with Gasteiger partial charge < -0.3 is 10.4 Å². The summed E-state index contributed by atoms with van der Waals surface area (Å²) in [6, 6.07) is 0. The van der Waals surface area contributed by atoms with E-state index in [2.05, 4.69) is 24.1 Å². The third-order valence-corrected chi connectivity index (χ3v) is 4.06. The van der Waals surface area contributed by atoms with Gasteiger partial charge in [-0.15, -0.1) is 11.3 Å². The topological polar surface area (TPSA) is 62.2 Å². The number of carboxylic acids is 1. The first kappa shape index (κ1) is 15.2. The van der Waals surface area contributed by atoms with Crippen LogP contribution in [0, 0.1) is 11.8 Å². The SMILES string of the molecule is CC(C)C(CCNc1nc(Cl)cs1)CCC(=O)O. The van der Waals surface area contributed by atoms with Gasteiger partial charge in [-0.25, -0.2) is 4.98 Å². The van der Waals surface area contributed by atoms with E-state index in [1.165, 1.54) is 11.3 Å². The average molecular weight is 291 g/mol. The molecule has 0 aliphatic rings. The second-order valence-electron chi connectivity index (χ2n) is 4.63. The molecule has 18 heavy (non-hydrogen) atoms. The number of halogens is 1. The molecule has 0 saturated carbocycles. The first-order valence-corrected chi connectivity index (χ1v) is 7.31. The van der Waals surface area contributed by atoms with Crippen LogP contribution in [0.3, 0.4) is 0 Å². The summed E-state index contributed by atoms with van der Waals surface area (Å²) >= 11 is 7.21. The first-order chi connectivity index (χ1) is 8.49. The monoisotopic (exact) mass is 290 g/mol. The van der Waals surface area contributed by atoms with E-state index in [1.807, 2.05) is 0 Å². The Morgan fingerprint density at radius 2 is 2.28 bits per heavy atom. The highest BCUT2D eigenvalue weighted by Gasteiger charge is 2.14. The van der Waals surface area contributed by atoms with Gasteiger partial charge in [0, 0.05) is 18.3 Å². The average Bonchev–Trinajstić information content (AvgIpc) is 2.68. The fourth-order valence-corrected chi connectivity index (χ4v) is 2.69. The van der Waals surface area contributed by atoms with E-state index in [4.69, 9.17) is 16.7 Å². The van der Waals surface area contributed by atoms with Crippen LogP contribution in [0.25, 0.3) is 0 Å². The van der Waals surface area contributed by atoms with Crippen molar-refractivity contribution in [2.75, 3.05) is 11.9 Å². The summed E-state index contributed by atoms with van der Waals surface area (Å²) in [6.45, 7) is 5.06. The smallest absolute Gasteiger partial charge is 0.303 e. The molecule has 1 rings (SSSR count). The lowest BCUT2D eigenvalue weighted by molar-refractivity contribution is -0.137. The molecule has 0 aliphatic carbocycles. The Kier molecular flexibility index (Phi) is 6.43. The zero-order valence-electron chi connectivity index (χ0n) is 10.6. The van der Waals surface area contributed by atoms with Crippen molar-refractivity contribution in [1.29, 1.82) is 0 Å². The molecular weight excluding hydrogens is 272 g/mol. The van der Waals surface area contributed by atoms with Crippen LogP contribution in [-0.4, -0.2) is 22.6 Å². The summed E-state index contributed by atoms with van der Waals surface area (Å²) in [5.41, 5.74) is 0. The predicted molar refractivity (Wildman–Crippen MR) is 75.4 cm³/mol. The third-order valence-electron chi connectivity index (χ3n) is 2.94. The zero-order valence-corrected chi connectivity index (χ0v) is 12.2. The van der Waals surface area contributed by atoms with Crippen molar-refractivity contribution < 1.29 is 9.90 Å². The molecule has 1 aromatic heterocycles. The van der Waals surface area contributed by atoms with Crippen LogP contribution < -0.4 is 5.32 Å². The minimum atomic E-state index is -0.722. The minimum Gasteiger partial charge on any atom is -0.481 e. The van der Waals surface area contributed by atoms with E-state index in [-0.39, 0.29) is 6.42 Å². The fraction of sp³-hybridized carbons (Fsp3) is 0.667. The Bertz CT molecular complexity index is 382. The van der Waals surface area contributed by atoms with Gasteiger partial charge >= 0.3 is 5.97 Å². The van der Waals surface area contributed by atoms with Gasteiger partial charge in [-0.3, -0.25) is 4.79 Å². The summed E-state index contributed by atoms with van der Waals surface area (Å²) in [7, 11) is 0. The quantitative estimate of drug-likeness (QED) is 0.766. The van der Waals surface area contributed by atoms with Gasteiger partial charge in [0.05, 0.1) is 0 Å². The van der Waals surface area contributed by atoms with Gasteiger partial charge in [-0.1, -0.05) is 25.4 Å². The Balaban J connectivity index is 2.31. The number of carboxylic acid groups (broad SMARTS) is 1. The van der Waals surface area contributed by atoms with Crippen LogP contribution in [0.15, 0.2) is 5.38 Å². The minimum absolute atomic E-state index is 0.242. The maximum atomic E-state index is 10.6. The van der Waals surface area contributed by atoms with Gasteiger partial charge in [-0.2, -0.15) is 0 Å². The van der Waals surface area contributed by atoms with Gasteiger partial charge in [-0.05, 0) is 24.7 Å². The molecular formula is C12H19ClN2O2S. The Labute approximate surface area is 116 Å². The lowest BCUT2D eigenvalue weighted by Crippen LogP contribution is -2.15. The van der Waals surface area contributed by atoms with Gasteiger partial charge in [0.2, 0.25) is 0 Å². The number of aliphatic carboxylic acids is 1. The summed E-state index contributed by atoms with van der Waals surface area (Å²) in [6.07, 6.45) is 1.92. The molecule has 0 saturated heterocycles. The molecule has 0 bridgehead atoms. The van der Waals surface area contributed by atoms with E-state index in [0.717, 1.165) is 24.5 Å². The van der Waals surface area contributed by atoms with Crippen LogP contribution in [0.1, 0.15) is 33.1 Å². The molecule has 102 valence electrons. The lowest BCUT2D eigenvalue weighted by atomic mass is 9.88. The van der Waals surface area contributed by atoms with Crippen molar-refractivity contribution in [1.82, 2.24) is 4.98 Å². The third kappa shape index (κ3) is 5.69. The molecule has 1 atom stereocenters. The Hall–Kier alpha value is -0.810. The van der Waals surface area contributed by atoms with Crippen LogP contribution in [0.5, 0.6) is 0 Å². The highest BCUT2D eigenvalue weighted by atomic mass is 35.5. The molecule has 0 radical (unpaired) electrons. The maximum absolute atomic E-state index is 10.6. The number of anilines is 1. The number of nitrogens with zero attached hydrogens (tertiary/aromatic N) is 1. The molecule has 6 heteroatoms. The number of hydrogen-bond donors (Lipinski definition) is 2. The summed E-state index contributed by atoms with van der Waals surface area (Å²) in [5, 5.41) is 15.0. The molecule has 1 unspecified atom stereocenters.